The van der Waals surface area contributed by atoms with Crippen molar-refractivity contribution in [1.29, 1.82) is 0 Å². The summed E-state index contributed by atoms with van der Waals surface area (Å²) in [7, 11) is 1.80. The number of benzene rings is 2. The first-order valence-corrected chi connectivity index (χ1v) is 10.8. The number of hydrogen-bond acceptors (Lipinski definition) is 5. The van der Waals surface area contributed by atoms with Crippen LogP contribution < -0.4 is 15.1 Å². The molecule has 4 rings (SSSR count). The van der Waals surface area contributed by atoms with E-state index in [1.165, 1.54) is 5.56 Å². The highest BCUT2D eigenvalue weighted by Crippen LogP contribution is 2.31. The highest BCUT2D eigenvalue weighted by Gasteiger charge is 2.30. The Kier molecular flexibility index (Phi) is 6.53. The molecule has 7 heteroatoms. The van der Waals surface area contributed by atoms with Crippen LogP contribution in [0.2, 0.25) is 0 Å². The van der Waals surface area contributed by atoms with Crippen molar-refractivity contribution in [2.24, 2.45) is 0 Å². The van der Waals surface area contributed by atoms with Crippen molar-refractivity contribution in [2.75, 3.05) is 61.6 Å². The number of anilines is 3. The zero-order valence-corrected chi connectivity index (χ0v) is 18.2. The fourth-order valence-corrected chi connectivity index (χ4v) is 4.33. The predicted octanol–water partition coefficient (Wildman–Crippen LogP) is 2.37. The van der Waals surface area contributed by atoms with Crippen LogP contribution in [0.3, 0.4) is 0 Å². The Balaban J connectivity index is 1.28. The molecule has 1 fully saturated rings. The van der Waals surface area contributed by atoms with Gasteiger partial charge >= 0.3 is 0 Å². The van der Waals surface area contributed by atoms with E-state index in [4.69, 9.17) is 4.74 Å². The number of ether oxygens (including phenoxy) is 1. The molecule has 2 amide bonds. The topological polar surface area (TPSA) is 65.1 Å². The number of rotatable bonds is 6. The number of hydrogen-bond donors (Lipinski definition) is 1. The van der Waals surface area contributed by atoms with Gasteiger partial charge in [0.15, 0.2) is 0 Å². The number of para-hydroxylation sites is 1. The van der Waals surface area contributed by atoms with Gasteiger partial charge in [0.2, 0.25) is 11.8 Å². The minimum atomic E-state index is -0.135. The molecule has 31 heavy (non-hydrogen) atoms. The van der Waals surface area contributed by atoms with Crippen LogP contribution in [0.15, 0.2) is 48.5 Å². The van der Waals surface area contributed by atoms with Gasteiger partial charge in [-0.2, -0.15) is 0 Å². The maximum atomic E-state index is 12.9. The Bertz CT molecular complexity index is 925. The number of likely N-dealkylation sites (N-methyl/N-ethyl adjacent to an activating group) is 1. The largest absolute Gasteiger partial charge is 0.378 e. The summed E-state index contributed by atoms with van der Waals surface area (Å²) in [5.74, 6) is -0.119. The molecule has 2 aromatic carbocycles. The van der Waals surface area contributed by atoms with Crippen LogP contribution in [0.25, 0.3) is 0 Å². The summed E-state index contributed by atoms with van der Waals surface area (Å²) < 4.78 is 5.39. The number of morpholine rings is 1. The maximum Gasteiger partial charge on any atom is 0.241 e. The van der Waals surface area contributed by atoms with Gasteiger partial charge in [-0.05, 0) is 56.3 Å². The Labute approximate surface area is 183 Å². The minimum Gasteiger partial charge on any atom is -0.378 e. The molecule has 0 radical (unpaired) electrons. The minimum absolute atomic E-state index is 0.0163. The second kappa shape index (κ2) is 9.49. The third-order valence-electron chi connectivity index (χ3n) is 5.82. The molecule has 0 saturated carbocycles. The molecule has 2 aliphatic rings. The number of nitrogens with one attached hydrogen (secondary N) is 1. The van der Waals surface area contributed by atoms with Crippen LogP contribution >= 0.6 is 0 Å². The first kappa shape index (κ1) is 21.3. The van der Waals surface area contributed by atoms with Crippen LogP contribution in [0.1, 0.15) is 12.5 Å². The monoisotopic (exact) mass is 422 g/mol. The third kappa shape index (κ3) is 5.06. The summed E-state index contributed by atoms with van der Waals surface area (Å²) in [6.45, 7) is 5.65. The zero-order chi connectivity index (χ0) is 21.8. The number of carbonyl (C=O) groups excluding carboxylic acids is 2. The van der Waals surface area contributed by atoms with E-state index in [0.29, 0.717) is 0 Å². The molecule has 0 aromatic heterocycles. The quantitative estimate of drug-likeness (QED) is 0.774. The van der Waals surface area contributed by atoms with E-state index >= 15 is 0 Å². The molecule has 1 saturated heterocycles. The van der Waals surface area contributed by atoms with Crippen LogP contribution in [0.4, 0.5) is 17.1 Å². The number of amides is 2. The zero-order valence-electron chi connectivity index (χ0n) is 18.2. The van der Waals surface area contributed by atoms with Crippen molar-refractivity contribution >= 4 is 28.9 Å². The van der Waals surface area contributed by atoms with Gasteiger partial charge in [0.1, 0.15) is 0 Å². The summed E-state index contributed by atoms with van der Waals surface area (Å²) in [5.41, 5.74) is 4.07. The van der Waals surface area contributed by atoms with Crippen LogP contribution in [0, 0.1) is 0 Å². The van der Waals surface area contributed by atoms with Crippen molar-refractivity contribution in [2.45, 2.75) is 19.4 Å². The van der Waals surface area contributed by atoms with Crippen molar-refractivity contribution in [3.63, 3.8) is 0 Å². The van der Waals surface area contributed by atoms with Gasteiger partial charge in [-0.15, -0.1) is 0 Å². The Morgan fingerprint density at radius 2 is 1.77 bits per heavy atom. The molecule has 2 aromatic rings. The average Bonchev–Trinajstić information content (AvgIpc) is 3.10. The van der Waals surface area contributed by atoms with E-state index in [-0.39, 0.29) is 30.9 Å². The summed E-state index contributed by atoms with van der Waals surface area (Å²) in [6.07, 6.45) is 0.868. The molecule has 0 aliphatic carbocycles. The molecule has 0 unspecified atom stereocenters. The Morgan fingerprint density at radius 1 is 1.06 bits per heavy atom. The lowest BCUT2D eigenvalue weighted by atomic mass is 10.1. The number of carbonyl (C=O) groups is 2. The third-order valence-corrected chi connectivity index (χ3v) is 5.82. The van der Waals surface area contributed by atoms with Crippen LogP contribution in [-0.2, 0) is 20.7 Å². The van der Waals surface area contributed by atoms with Crippen molar-refractivity contribution < 1.29 is 14.3 Å². The highest BCUT2D eigenvalue weighted by atomic mass is 16.5. The van der Waals surface area contributed by atoms with E-state index in [2.05, 4.69) is 23.2 Å². The lowest BCUT2D eigenvalue weighted by Gasteiger charge is -2.29. The molecule has 0 bridgehead atoms. The van der Waals surface area contributed by atoms with Gasteiger partial charge in [0.25, 0.3) is 0 Å². The van der Waals surface area contributed by atoms with Gasteiger partial charge < -0.3 is 19.9 Å². The van der Waals surface area contributed by atoms with E-state index in [0.717, 1.165) is 49.8 Å². The smallest absolute Gasteiger partial charge is 0.241 e. The van der Waals surface area contributed by atoms with E-state index in [1.807, 2.05) is 47.4 Å². The molecular weight excluding hydrogens is 392 g/mol. The van der Waals surface area contributed by atoms with Gasteiger partial charge in [-0.25, -0.2) is 0 Å². The van der Waals surface area contributed by atoms with Gasteiger partial charge in [0, 0.05) is 36.2 Å². The number of nitrogens with zero attached hydrogens (tertiary/aromatic N) is 3. The van der Waals surface area contributed by atoms with E-state index in [9.17, 15) is 9.59 Å². The van der Waals surface area contributed by atoms with Crippen LogP contribution in [0.5, 0.6) is 0 Å². The van der Waals surface area contributed by atoms with Crippen LogP contribution in [-0.4, -0.2) is 69.2 Å². The Morgan fingerprint density at radius 3 is 2.52 bits per heavy atom. The molecule has 2 heterocycles. The maximum absolute atomic E-state index is 12.9. The molecule has 1 atom stereocenters. The summed E-state index contributed by atoms with van der Waals surface area (Å²) in [4.78, 5) is 31.2. The molecular formula is C24H30N4O3. The standard InChI is InChI=1S/C24H30N4O3/c1-18-15-19-5-3-4-6-22(19)28(18)24(30)17-26(2)16-23(29)25-20-7-9-21(10-8-20)27-11-13-31-14-12-27/h3-10,18H,11-17H2,1-2H3,(H,25,29)/t18-/m0/s1. The fraction of sp³-hybridized carbons (Fsp3) is 0.417. The summed E-state index contributed by atoms with van der Waals surface area (Å²) in [6, 6.07) is 16.0. The van der Waals surface area contributed by atoms with Crippen molar-refractivity contribution in [1.82, 2.24) is 4.90 Å². The number of fused-ring (bicyclic) bond motifs is 1. The normalized spacial score (nSPS) is 18.2. The van der Waals surface area contributed by atoms with Gasteiger partial charge in [-0.3, -0.25) is 14.5 Å². The summed E-state index contributed by atoms with van der Waals surface area (Å²) in [5, 5.41) is 2.92. The Hall–Kier alpha value is -2.90. The SMILES string of the molecule is C[C@H]1Cc2ccccc2N1C(=O)CN(C)CC(=O)Nc1ccc(N2CCOCC2)cc1. The van der Waals surface area contributed by atoms with E-state index in [1.54, 1.807) is 11.9 Å². The van der Waals surface area contributed by atoms with E-state index < -0.39 is 0 Å². The first-order valence-electron chi connectivity index (χ1n) is 10.8. The van der Waals surface area contributed by atoms with Gasteiger partial charge in [-0.1, -0.05) is 18.2 Å². The predicted molar refractivity (Wildman–Crippen MR) is 123 cm³/mol. The second-order valence-corrected chi connectivity index (χ2v) is 8.31. The van der Waals surface area contributed by atoms with Crippen molar-refractivity contribution in [3.05, 3.63) is 54.1 Å². The first-order chi connectivity index (χ1) is 15.0. The summed E-state index contributed by atoms with van der Waals surface area (Å²) >= 11 is 0. The fourth-order valence-electron chi connectivity index (χ4n) is 4.33. The van der Waals surface area contributed by atoms with Gasteiger partial charge in [0.05, 0.1) is 26.3 Å². The van der Waals surface area contributed by atoms with Crippen molar-refractivity contribution in [3.8, 4) is 0 Å². The highest BCUT2D eigenvalue weighted by molar-refractivity contribution is 5.98. The molecule has 2 aliphatic heterocycles. The molecule has 1 N–H and O–H groups in total. The molecule has 0 spiro atoms. The molecule has 164 valence electrons. The average molecular weight is 423 g/mol. The molecule has 7 nitrogen and oxygen atoms in total. The second-order valence-electron chi connectivity index (χ2n) is 8.31. The lowest BCUT2D eigenvalue weighted by molar-refractivity contribution is -0.121. The lowest BCUT2D eigenvalue weighted by Crippen LogP contribution is -2.43.